The summed E-state index contributed by atoms with van der Waals surface area (Å²) in [6.07, 6.45) is 0. The van der Waals surface area contributed by atoms with Gasteiger partial charge in [-0.15, -0.1) is 0 Å². The molecule has 0 aliphatic carbocycles. The van der Waals surface area contributed by atoms with Crippen molar-refractivity contribution in [2.24, 2.45) is 0 Å². The van der Waals surface area contributed by atoms with Crippen molar-refractivity contribution in [1.29, 1.82) is 0 Å². The van der Waals surface area contributed by atoms with Crippen molar-refractivity contribution in [3.05, 3.63) is 60.7 Å². The highest BCUT2D eigenvalue weighted by molar-refractivity contribution is 7.89. The zero-order chi connectivity index (χ0) is 18.6. The normalized spacial score (nSPS) is 15.7. The molecule has 6 nitrogen and oxygen atoms in total. The van der Waals surface area contributed by atoms with Gasteiger partial charge >= 0.3 is 0 Å². The van der Waals surface area contributed by atoms with Crippen LogP contribution in [0.2, 0.25) is 0 Å². The van der Waals surface area contributed by atoms with Crippen LogP contribution < -0.4 is 4.90 Å². The highest BCUT2D eigenvalue weighted by Crippen LogP contribution is 2.17. The highest BCUT2D eigenvalue weighted by atomic mass is 32.2. The summed E-state index contributed by atoms with van der Waals surface area (Å²) in [4.78, 5) is 16.5. The summed E-state index contributed by atoms with van der Waals surface area (Å²) in [5.41, 5.74) is 0.978. The molecule has 7 heteroatoms. The number of sulfonamides is 1. The molecule has 1 saturated heterocycles. The molecule has 3 rings (SSSR count). The number of anilines is 1. The van der Waals surface area contributed by atoms with E-state index in [1.165, 1.54) is 4.31 Å². The van der Waals surface area contributed by atoms with Gasteiger partial charge in [0.15, 0.2) is 0 Å². The van der Waals surface area contributed by atoms with E-state index in [4.69, 9.17) is 0 Å². The van der Waals surface area contributed by atoms with Gasteiger partial charge in [0.2, 0.25) is 15.9 Å². The maximum Gasteiger partial charge on any atom is 0.243 e. The zero-order valence-electron chi connectivity index (χ0n) is 14.8. The van der Waals surface area contributed by atoms with Crippen LogP contribution in [0.25, 0.3) is 0 Å². The van der Waals surface area contributed by atoms with Gasteiger partial charge in [-0.3, -0.25) is 4.79 Å². The molecule has 0 spiro atoms. The molecule has 2 aromatic carbocycles. The standard InChI is InChI=1S/C19H23N3O3S/c1-20(17-8-4-2-5-9-17)16-19(23)21-12-14-22(15-13-21)26(24,25)18-10-6-3-7-11-18/h2-11H,12-16H2,1H3. The molecule has 0 radical (unpaired) electrons. The molecule has 1 amide bonds. The first-order valence-corrected chi connectivity index (χ1v) is 10.0. The van der Waals surface area contributed by atoms with Gasteiger partial charge in [-0.05, 0) is 24.3 Å². The number of carbonyl (C=O) groups excluding carboxylic acids is 1. The minimum absolute atomic E-state index is 0.00751. The Hall–Kier alpha value is -2.38. The lowest BCUT2D eigenvalue weighted by Gasteiger charge is -2.35. The predicted molar refractivity (Wildman–Crippen MR) is 101 cm³/mol. The number of piperazine rings is 1. The van der Waals surface area contributed by atoms with Crippen molar-refractivity contribution in [3.63, 3.8) is 0 Å². The van der Waals surface area contributed by atoms with E-state index in [-0.39, 0.29) is 12.5 Å². The van der Waals surface area contributed by atoms with Gasteiger partial charge in [0, 0.05) is 38.9 Å². The Morgan fingerprint density at radius 1 is 0.923 bits per heavy atom. The van der Waals surface area contributed by atoms with Gasteiger partial charge in [0.25, 0.3) is 0 Å². The summed E-state index contributed by atoms with van der Waals surface area (Å²) in [6.45, 7) is 1.73. The monoisotopic (exact) mass is 373 g/mol. The maximum absolute atomic E-state index is 12.6. The van der Waals surface area contributed by atoms with Crippen molar-refractivity contribution < 1.29 is 13.2 Å². The summed E-state index contributed by atoms with van der Waals surface area (Å²) >= 11 is 0. The first kappa shape index (κ1) is 18.4. The van der Waals surface area contributed by atoms with E-state index in [1.54, 1.807) is 35.2 Å². The van der Waals surface area contributed by atoms with Crippen LogP contribution in [-0.4, -0.2) is 63.3 Å². The second kappa shape index (κ2) is 7.88. The largest absolute Gasteiger partial charge is 0.365 e. The summed E-state index contributed by atoms with van der Waals surface area (Å²) in [6, 6.07) is 18.1. The van der Waals surface area contributed by atoms with E-state index >= 15 is 0 Å². The Morgan fingerprint density at radius 2 is 1.46 bits per heavy atom. The molecular weight excluding hydrogens is 350 g/mol. The molecule has 1 aliphatic heterocycles. The molecule has 0 aromatic heterocycles. The second-order valence-corrected chi connectivity index (χ2v) is 8.23. The molecule has 1 aliphatic rings. The molecule has 26 heavy (non-hydrogen) atoms. The fourth-order valence-corrected chi connectivity index (χ4v) is 4.44. The Bertz CT molecular complexity index is 833. The first-order chi connectivity index (χ1) is 12.5. The summed E-state index contributed by atoms with van der Waals surface area (Å²) in [5, 5.41) is 0. The summed E-state index contributed by atoms with van der Waals surface area (Å²) < 4.78 is 26.7. The predicted octanol–water partition coefficient (Wildman–Crippen LogP) is 1.66. The van der Waals surface area contributed by atoms with E-state index in [0.29, 0.717) is 31.1 Å². The Labute approximate surface area is 154 Å². The molecule has 0 atom stereocenters. The topological polar surface area (TPSA) is 60.9 Å². The first-order valence-electron chi connectivity index (χ1n) is 8.57. The van der Waals surface area contributed by atoms with Crippen molar-refractivity contribution in [2.45, 2.75) is 4.90 Å². The fraction of sp³-hybridized carbons (Fsp3) is 0.316. The quantitative estimate of drug-likeness (QED) is 0.800. The molecule has 1 heterocycles. The minimum atomic E-state index is -3.49. The zero-order valence-corrected chi connectivity index (χ0v) is 15.6. The van der Waals surface area contributed by atoms with Crippen LogP contribution in [-0.2, 0) is 14.8 Å². The molecule has 138 valence electrons. The van der Waals surface area contributed by atoms with Gasteiger partial charge in [-0.1, -0.05) is 36.4 Å². The third kappa shape index (κ3) is 4.05. The van der Waals surface area contributed by atoms with Gasteiger partial charge < -0.3 is 9.80 Å². The number of nitrogens with zero attached hydrogens (tertiary/aromatic N) is 3. The minimum Gasteiger partial charge on any atom is -0.365 e. The molecule has 1 fully saturated rings. The van der Waals surface area contributed by atoms with E-state index in [0.717, 1.165) is 5.69 Å². The van der Waals surface area contributed by atoms with E-state index < -0.39 is 10.0 Å². The third-order valence-electron chi connectivity index (χ3n) is 4.54. The van der Waals surface area contributed by atoms with Crippen LogP contribution in [0.15, 0.2) is 65.6 Å². The van der Waals surface area contributed by atoms with Gasteiger partial charge in [-0.25, -0.2) is 8.42 Å². The Morgan fingerprint density at radius 3 is 2.04 bits per heavy atom. The SMILES string of the molecule is CN(CC(=O)N1CCN(S(=O)(=O)c2ccccc2)CC1)c1ccccc1. The number of benzene rings is 2. The van der Waals surface area contributed by atoms with E-state index in [1.807, 2.05) is 42.3 Å². The maximum atomic E-state index is 12.6. The van der Waals surface area contributed by atoms with Gasteiger partial charge in [-0.2, -0.15) is 4.31 Å². The number of hydrogen-bond acceptors (Lipinski definition) is 4. The molecule has 0 saturated carbocycles. The van der Waals surface area contributed by atoms with E-state index in [9.17, 15) is 13.2 Å². The van der Waals surface area contributed by atoms with Crippen LogP contribution in [0, 0.1) is 0 Å². The number of para-hydroxylation sites is 1. The lowest BCUT2D eigenvalue weighted by Crippen LogP contribution is -2.52. The average molecular weight is 373 g/mol. The van der Waals surface area contributed by atoms with Gasteiger partial charge in [0.1, 0.15) is 0 Å². The van der Waals surface area contributed by atoms with Crippen molar-refractivity contribution in [1.82, 2.24) is 9.21 Å². The smallest absolute Gasteiger partial charge is 0.243 e. The molecule has 0 unspecified atom stereocenters. The number of likely N-dealkylation sites (N-methyl/N-ethyl adjacent to an activating group) is 1. The molecule has 2 aromatic rings. The Balaban J connectivity index is 1.57. The summed E-state index contributed by atoms with van der Waals surface area (Å²) in [7, 11) is -1.61. The van der Waals surface area contributed by atoms with Crippen LogP contribution >= 0.6 is 0 Å². The number of amides is 1. The van der Waals surface area contributed by atoms with Crippen LogP contribution in [0.1, 0.15) is 0 Å². The number of carbonyl (C=O) groups is 1. The summed E-state index contributed by atoms with van der Waals surface area (Å²) in [5.74, 6) is 0.00751. The number of hydrogen-bond donors (Lipinski definition) is 0. The Kier molecular flexibility index (Phi) is 5.58. The second-order valence-electron chi connectivity index (χ2n) is 6.29. The van der Waals surface area contributed by atoms with Crippen molar-refractivity contribution in [2.75, 3.05) is 44.7 Å². The van der Waals surface area contributed by atoms with Crippen molar-refractivity contribution >= 4 is 21.6 Å². The molecular formula is C19H23N3O3S. The lowest BCUT2D eigenvalue weighted by molar-refractivity contribution is -0.130. The van der Waals surface area contributed by atoms with Gasteiger partial charge in [0.05, 0.1) is 11.4 Å². The fourth-order valence-electron chi connectivity index (χ4n) is 3.00. The van der Waals surface area contributed by atoms with Crippen molar-refractivity contribution in [3.8, 4) is 0 Å². The lowest BCUT2D eigenvalue weighted by atomic mass is 10.3. The van der Waals surface area contributed by atoms with Crippen LogP contribution in [0.4, 0.5) is 5.69 Å². The van der Waals surface area contributed by atoms with Crippen LogP contribution in [0.3, 0.4) is 0 Å². The average Bonchev–Trinajstić information content (AvgIpc) is 2.69. The third-order valence-corrected chi connectivity index (χ3v) is 6.45. The molecule has 0 N–H and O–H groups in total. The van der Waals surface area contributed by atoms with Crippen LogP contribution in [0.5, 0.6) is 0 Å². The molecule has 0 bridgehead atoms. The van der Waals surface area contributed by atoms with E-state index in [2.05, 4.69) is 0 Å². The number of rotatable bonds is 5. The highest BCUT2D eigenvalue weighted by Gasteiger charge is 2.30.